The quantitative estimate of drug-likeness (QED) is 0.771. The third-order valence-corrected chi connectivity index (χ3v) is 6.64. The average molecular weight is 369 g/mol. The van der Waals surface area contributed by atoms with E-state index in [1.165, 1.54) is 37.8 Å². The fourth-order valence-corrected chi connectivity index (χ4v) is 4.79. The van der Waals surface area contributed by atoms with E-state index in [1.807, 2.05) is 18.2 Å². The summed E-state index contributed by atoms with van der Waals surface area (Å²) in [6.45, 7) is 7.07. The topological polar surface area (TPSA) is 32.8 Å². The van der Waals surface area contributed by atoms with Gasteiger partial charge in [-0.2, -0.15) is 0 Å². The number of hydrogen-bond donors (Lipinski definition) is 0. The Bertz CT molecular complexity index is 644. The second kappa shape index (κ2) is 8.57. The van der Waals surface area contributed by atoms with E-state index in [-0.39, 0.29) is 5.41 Å². The lowest BCUT2D eigenvalue weighted by Crippen LogP contribution is -2.42. The van der Waals surface area contributed by atoms with Crippen LogP contribution in [0.4, 0.5) is 0 Å². The third kappa shape index (κ3) is 4.80. The summed E-state index contributed by atoms with van der Waals surface area (Å²) in [6, 6.07) is 10.3. The number of carbonyl (C=O) groups is 1. The lowest BCUT2D eigenvalue weighted by molar-refractivity contribution is -0.127. The van der Waals surface area contributed by atoms with Crippen molar-refractivity contribution in [2.75, 3.05) is 45.9 Å². The molecular weight excluding hydrogens is 336 g/mol. The number of hydrogen-bond acceptors (Lipinski definition) is 3. The molecule has 0 saturated carbocycles. The van der Waals surface area contributed by atoms with Gasteiger partial charge in [0.1, 0.15) is 0 Å². The van der Waals surface area contributed by atoms with Crippen LogP contribution in [0.5, 0.6) is 0 Å². The number of carbonyl (C=O) groups excluding carboxylic acids is 1. The molecule has 1 atom stereocenters. The van der Waals surface area contributed by atoms with Crippen molar-refractivity contribution in [3.05, 3.63) is 42.0 Å². The molecule has 0 aliphatic carbocycles. The Labute approximate surface area is 163 Å². The van der Waals surface area contributed by atoms with Gasteiger partial charge >= 0.3 is 0 Å². The molecule has 1 amide bonds. The van der Waals surface area contributed by atoms with E-state index >= 15 is 0 Å². The van der Waals surface area contributed by atoms with Crippen LogP contribution in [-0.2, 0) is 9.53 Å². The Morgan fingerprint density at radius 3 is 2.74 bits per heavy atom. The highest BCUT2D eigenvalue weighted by molar-refractivity contribution is 5.79. The average Bonchev–Trinajstić information content (AvgIpc) is 3.31. The summed E-state index contributed by atoms with van der Waals surface area (Å²) in [5.74, 6) is 1.10. The van der Waals surface area contributed by atoms with Crippen molar-refractivity contribution in [2.45, 2.75) is 32.1 Å². The predicted octanol–water partition coefficient (Wildman–Crippen LogP) is 3.44. The highest BCUT2D eigenvalue weighted by Crippen LogP contribution is 2.41. The van der Waals surface area contributed by atoms with Crippen molar-refractivity contribution in [3.8, 4) is 0 Å². The Kier molecular flexibility index (Phi) is 5.94. The molecule has 4 nitrogen and oxygen atoms in total. The number of piperidine rings is 1. The molecule has 0 aromatic heterocycles. The van der Waals surface area contributed by atoms with Crippen molar-refractivity contribution in [3.63, 3.8) is 0 Å². The van der Waals surface area contributed by atoms with Gasteiger partial charge in [-0.1, -0.05) is 42.5 Å². The smallest absolute Gasteiger partial charge is 0.223 e. The summed E-state index contributed by atoms with van der Waals surface area (Å²) >= 11 is 0. The van der Waals surface area contributed by atoms with Crippen LogP contribution in [-0.4, -0.2) is 61.6 Å². The highest BCUT2D eigenvalue weighted by atomic mass is 16.5. The zero-order chi connectivity index (χ0) is 18.5. The standard InChI is InChI=1S/C23H32N2O2/c26-22-17-23(19-25(22)12-4-7-20-5-2-1-3-6-20)10-14-24(15-11-23)13-8-21-9-16-27-18-21/h1-7,21H,8-19H2/b7-4+/t21-/m1/s1. The Morgan fingerprint density at radius 2 is 2.00 bits per heavy atom. The summed E-state index contributed by atoms with van der Waals surface area (Å²) in [7, 11) is 0. The SMILES string of the molecule is O=C1CC2(CCN(CC[C@@H]3CCOC3)CC2)CN1C/C=C/c1ccccc1. The van der Waals surface area contributed by atoms with Gasteiger partial charge in [-0.15, -0.1) is 0 Å². The second-order valence-corrected chi connectivity index (χ2v) is 8.62. The molecule has 0 unspecified atom stereocenters. The molecule has 1 aromatic rings. The van der Waals surface area contributed by atoms with E-state index in [1.54, 1.807) is 0 Å². The van der Waals surface area contributed by atoms with E-state index in [0.29, 0.717) is 5.91 Å². The van der Waals surface area contributed by atoms with Crippen molar-refractivity contribution >= 4 is 12.0 Å². The van der Waals surface area contributed by atoms with E-state index in [9.17, 15) is 4.79 Å². The minimum Gasteiger partial charge on any atom is -0.381 e. The van der Waals surface area contributed by atoms with Gasteiger partial charge in [-0.3, -0.25) is 4.79 Å². The summed E-state index contributed by atoms with van der Waals surface area (Å²) in [5.41, 5.74) is 1.42. The maximum Gasteiger partial charge on any atom is 0.223 e. The van der Waals surface area contributed by atoms with E-state index in [2.05, 4.69) is 34.1 Å². The molecule has 0 bridgehead atoms. The van der Waals surface area contributed by atoms with Gasteiger partial charge in [0.05, 0.1) is 0 Å². The van der Waals surface area contributed by atoms with Crippen LogP contribution in [0.2, 0.25) is 0 Å². The molecular formula is C23H32N2O2. The molecule has 3 aliphatic rings. The van der Waals surface area contributed by atoms with Crippen LogP contribution < -0.4 is 0 Å². The zero-order valence-electron chi connectivity index (χ0n) is 16.3. The molecule has 3 fully saturated rings. The second-order valence-electron chi connectivity index (χ2n) is 8.62. The monoisotopic (exact) mass is 368 g/mol. The van der Waals surface area contributed by atoms with Crippen molar-refractivity contribution in [1.29, 1.82) is 0 Å². The maximum absolute atomic E-state index is 12.5. The first-order valence-corrected chi connectivity index (χ1v) is 10.5. The normalized spacial score (nSPS) is 25.9. The Balaban J connectivity index is 1.23. The lowest BCUT2D eigenvalue weighted by atomic mass is 9.77. The predicted molar refractivity (Wildman–Crippen MR) is 108 cm³/mol. The van der Waals surface area contributed by atoms with Gasteiger partial charge in [0.15, 0.2) is 0 Å². The zero-order valence-corrected chi connectivity index (χ0v) is 16.3. The minimum atomic E-state index is 0.227. The van der Waals surface area contributed by atoms with Crippen LogP contribution in [0.25, 0.3) is 6.08 Å². The van der Waals surface area contributed by atoms with Crippen molar-refractivity contribution in [2.24, 2.45) is 11.3 Å². The maximum atomic E-state index is 12.5. The molecule has 3 saturated heterocycles. The highest BCUT2D eigenvalue weighted by Gasteiger charge is 2.44. The number of ether oxygens (including phenoxy) is 1. The van der Waals surface area contributed by atoms with E-state index < -0.39 is 0 Å². The van der Waals surface area contributed by atoms with E-state index in [4.69, 9.17) is 4.74 Å². The summed E-state index contributed by atoms with van der Waals surface area (Å²) < 4.78 is 5.49. The molecule has 3 aliphatic heterocycles. The van der Waals surface area contributed by atoms with Gasteiger partial charge < -0.3 is 14.5 Å². The van der Waals surface area contributed by atoms with Crippen LogP contribution in [0.1, 0.15) is 37.7 Å². The molecule has 0 N–H and O–H groups in total. The summed E-state index contributed by atoms with van der Waals surface area (Å²) in [6.07, 6.45) is 9.83. The van der Waals surface area contributed by atoms with Gasteiger partial charge in [0, 0.05) is 32.7 Å². The fraction of sp³-hybridized carbons (Fsp3) is 0.609. The van der Waals surface area contributed by atoms with E-state index in [0.717, 1.165) is 51.7 Å². The van der Waals surface area contributed by atoms with Crippen molar-refractivity contribution in [1.82, 2.24) is 9.80 Å². The number of rotatable bonds is 6. The van der Waals surface area contributed by atoms with Crippen LogP contribution in [0.15, 0.2) is 36.4 Å². The Morgan fingerprint density at radius 1 is 1.19 bits per heavy atom. The third-order valence-electron chi connectivity index (χ3n) is 6.64. The van der Waals surface area contributed by atoms with Crippen molar-refractivity contribution < 1.29 is 9.53 Å². The largest absolute Gasteiger partial charge is 0.381 e. The van der Waals surface area contributed by atoms with Crippen LogP contribution in [0.3, 0.4) is 0 Å². The Hall–Kier alpha value is -1.65. The lowest BCUT2D eigenvalue weighted by Gasteiger charge is -2.39. The molecule has 146 valence electrons. The molecule has 3 heterocycles. The van der Waals surface area contributed by atoms with Gasteiger partial charge in [-0.05, 0) is 62.2 Å². The first-order chi connectivity index (χ1) is 13.2. The van der Waals surface area contributed by atoms with Gasteiger partial charge in [0.2, 0.25) is 5.91 Å². The first-order valence-electron chi connectivity index (χ1n) is 10.5. The van der Waals surface area contributed by atoms with Crippen LogP contribution >= 0.6 is 0 Å². The first kappa shape index (κ1) is 18.7. The minimum absolute atomic E-state index is 0.227. The molecule has 4 heteroatoms. The van der Waals surface area contributed by atoms with Gasteiger partial charge in [-0.25, -0.2) is 0 Å². The number of nitrogens with zero attached hydrogens (tertiary/aromatic N) is 2. The number of benzene rings is 1. The number of amides is 1. The summed E-state index contributed by atoms with van der Waals surface area (Å²) in [4.78, 5) is 17.2. The fourth-order valence-electron chi connectivity index (χ4n) is 4.79. The molecule has 27 heavy (non-hydrogen) atoms. The molecule has 0 radical (unpaired) electrons. The summed E-state index contributed by atoms with van der Waals surface area (Å²) in [5, 5.41) is 0. The number of likely N-dealkylation sites (tertiary alicyclic amines) is 2. The molecule has 1 aromatic carbocycles. The molecule has 1 spiro atoms. The molecule has 4 rings (SSSR count). The van der Waals surface area contributed by atoms with Crippen LogP contribution in [0, 0.1) is 11.3 Å². The van der Waals surface area contributed by atoms with Gasteiger partial charge in [0.25, 0.3) is 0 Å².